The van der Waals surface area contributed by atoms with Gasteiger partial charge < -0.3 is 15.5 Å². The van der Waals surface area contributed by atoms with Crippen molar-refractivity contribution in [2.75, 3.05) is 18.5 Å². The summed E-state index contributed by atoms with van der Waals surface area (Å²) in [6, 6.07) is 8.82. The molecule has 2 N–H and O–H groups in total. The van der Waals surface area contributed by atoms with Crippen LogP contribution in [0.15, 0.2) is 24.3 Å². The molecule has 4 nitrogen and oxygen atoms in total. The average Bonchev–Trinajstić information content (AvgIpc) is 2.85. The van der Waals surface area contributed by atoms with Crippen molar-refractivity contribution < 1.29 is 4.79 Å². The fraction of sp³-hybridized carbons (Fsp3) is 0.588. The van der Waals surface area contributed by atoms with Crippen molar-refractivity contribution in [3.63, 3.8) is 0 Å². The average molecular weight is 360 g/mol. The van der Waals surface area contributed by atoms with Crippen LogP contribution in [0, 0.1) is 5.92 Å². The summed E-state index contributed by atoms with van der Waals surface area (Å²) in [6.07, 6.45) is 2.77. The molecule has 1 aliphatic heterocycles. The summed E-state index contributed by atoms with van der Waals surface area (Å²) in [6.45, 7) is 3.74. The van der Waals surface area contributed by atoms with E-state index in [0.717, 1.165) is 25.8 Å². The standard InChI is InChI=1S/C17H25N3O.2ClH/c1-12-10-19(2)16-6-4-3-5-14(16)11-20(12)17(21)13-7-8-15(18)9-13;;/h3-6,12-13,15H,7-11,18H2,1-2H3;2*1H. The van der Waals surface area contributed by atoms with Crippen molar-refractivity contribution in [3.8, 4) is 0 Å². The van der Waals surface area contributed by atoms with Gasteiger partial charge in [0.15, 0.2) is 0 Å². The minimum atomic E-state index is 0. The van der Waals surface area contributed by atoms with E-state index in [1.54, 1.807) is 0 Å². The van der Waals surface area contributed by atoms with E-state index in [0.29, 0.717) is 12.5 Å². The van der Waals surface area contributed by atoms with Crippen LogP contribution >= 0.6 is 24.8 Å². The predicted molar refractivity (Wildman–Crippen MR) is 99.5 cm³/mol. The monoisotopic (exact) mass is 359 g/mol. The molecule has 0 aromatic heterocycles. The number of rotatable bonds is 1. The Morgan fingerprint density at radius 2 is 1.91 bits per heavy atom. The normalized spacial score (nSPS) is 26.7. The zero-order valence-electron chi connectivity index (χ0n) is 13.8. The van der Waals surface area contributed by atoms with E-state index in [2.05, 4.69) is 48.0 Å². The van der Waals surface area contributed by atoms with E-state index >= 15 is 0 Å². The number of hydrogen-bond donors (Lipinski definition) is 1. The maximum atomic E-state index is 12.9. The number of amides is 1. The molecule has 2 aliphatic rings. The number of nitrogens with two attached hydrogens (primary N) is 1. The molecule has 1 aliphatic carbocycles. The van der Waals surface area contributed by atoms with Crippen LogP contribution in [-0.2, 0) is 11.3 Å². The largest absolute Gasteiger partial charge is 0.372 e. The van der Waals surface area contributed by atoms with Gasteiger partial charge in [0.25, 0.3) is 0 Å². The minimum absolute atomic E-state index is 0. The number of benzene rings is 1. The Morgan fingerprint density at radius 3 is 2.57 bits per heavy atom. The van der Waals surface area contributed by atoms with Crippen LogP contribution < -0.4 is 10.6 Å². The van der Waals surface area contributed by atoms with Gasteiger partial charge in [0.05, 0.1) is 0 Å². The number of anilines is 1. The quantitative estimate of drug-likeness (QED) is 0.838. The summed E-state index contributed by atoms with van der Waals surface area (Å²) in [4.78, 5) is 17.2. The third-order valence-corrected chi connectivity index (χ3v) is 4.92. The Bertz CT molecular complexity index is 540. The first-order valence-electron chi connectivity index (χ1n) is 7.91. The summed E-state index contributed by atoms with van der Waals surface area (Å²) in [5.41, 5.74) is 8.45. The van der Waals surface area contributed by atoms with Crippen molar-refractivity contribution in [2.45, 2.75) is 44.8 Å². The maximum absolute atomic E-state index is 12.9. The van der Waals surface area contributed by atoms with E-state index in [1.807, 2.05) is 0 Å². The lowest BCUT2D eigenvalue weighted by atomic mass is 10.0. The molecule has 1 amide bonds. The molecule has 0 spiro atoms. The summed E-state index contributed by atoms with van der Waals surface area (Å²) < 4.78 is 0. The van der Waals surface area contributed by atoms with Gasteiger partial charge in [-0.05, 0) is 37.8 Å². The number of hydrogen-bond acceptors (Lipinski definition) is 3. The Kier molecular flexibility index (Phi) is 7.18. The van der Waals surface area contributed by atoms with Crippen LogP contribution in [-0.4, -0.2) is 36.5 Å². The van der Waals surface area contributed by atoms with Crippen molar-refractivity contribution in [1.29, 1.82) is 0 Å². The third-order valence-electron chi connectivity index (χ3n) is 4.92. The van der Waals surface area contributed by atoms with E-state index < -0.39 is 0 Å². The number of likely N-dealkylation sites (N-methyl/N-ethyl adjacent to an activating group) is 1. The van der Waals surface area contributed by atoms with Gasteiger partial charge in [-0.2, -0.15) is 0 Å². The number of fused-ring (bicyclic) bond motifs is 1. The molecule has 1 aromatic carbocycles. The molecule has 6 heteroatoms. The zero-order valence-corrected chi connectivity index (χ0v) is 15.4. The van der Waals surface area contributed by atoms with Crippen molar-refractivity contribution in [1.82, 2.24) is 4.90 Å². The topological polar surface area (TPSA) is 49.6 Å². The lowest BCUT2D eigenvalue weighted by Gasteiger charge is -2.30. The van der Waals surface area contributed by atoms with E-state index in [-0.39, 0.29) is 42.8 Å². The smallest absolute Gasteiger partial charge is 0.226 e. The zero-order chi connectivity index (χ0) is 15.0. The second-order valence-corrected chi connectivity index (χ2v) is 6.59. The minimum Gasteiger partial charge on any atom is -0.372 e. The molecule has 3 rings (SSSR count). The van der Waals surface area contributed by atoms with Crippen LogP contribution in [0.2, 0.25) is 0 Å². The number of halogens is 2. The molecular formula is C17H27Cl2N3O. The number of nitrogens with zero attached hydrogens (tertiary/aromatic N) is 2. The van der Waals surface area contributed by atoms with E-state index in [9.17, 15) is 4.79 Å². The maximum Gasteiger partial charge on any atom is 0.226 e. The number of carbonyl (C=O) groups is 1. The van der Waals surface area contributed by atoms with Gasteiger partial charge in [0, 0.05) is 43.8 Å². The lowest BCUT2D eigenvalue weighted by Crippen LogP contribution is -2.44. The van der Waals surface area contributed by atoms with Gasteiger partial charge in [-0.15, -0.1) is 24.8 Å². The molecule has 1 saturated carbocycles. The van der Waals surface area contributed by atoms with E-state index in [1.165, 1.54) is 11.3 Å². The van der Waals surface area contributed by atoms with Crippen LogP contribution in [0.5, 0.6) is 0 Å². The van der Waals surface area contributed by atoms with Gasteiger partial charge in [-0.1, -0.05) is 18.2 Å². The Labute approximate surface area is 151 Å². The first-order chi connectivity index (χ1) is 10.1. The van der Waals surface area contributed by atoms with Gasteiger partial charge in [0.2, 0.25) is 5.91 Å². The number of para-hydroxylation sites is 1. The molecule has 0 radical (unpaired) electrons. The van der Waals surface area contributed by atoms with Crippen molar-refractivity contribution >= 4 is 36.4 Å². The molecule has 1 fully saturated rings. The second-order valence-electron chi connectivity index (χ2n) is 6.59. The molecule has 0 bridgehead atoms. The predicted octanol–water partition coefficient (Wildman–Crippen LogP) is 2.82. The molecule has 3 unspecified atom stereocenters. The van der Waals surface area contributed by atoms with E-state index in [4.69, 9.17) is 5.73 Å². The summed E-state index contributed by atoms with van der Waals surface area (Å²) in [5, 5.41) is 0. The third kappa shape index (κ3) is 4.11. The SMILES string of the molecule is CC1CN(C)c2ccccc2CN1C(=O)C1CCC(N)C1.Cl.Cl. The molecule has 1 aromatic rings. The van der Waals surface area contributed by atoms with Crippen LogP contribution in [0.25, 0.3) is 0 Å². The first kappa shape index (κ1) is 20.1. The van der Waals surface area contributed by atoms with Crippen molar-refractivity contribution in [2.24, 2.45) is 11.7 Å². The molecule has 0 saturated heterocycles. The summed E-state index contributed by atoms with van der Waals surface area (Å²) in [5.74, 6) is 0.415. The second kappa shape index (κ2) is 8.22. The summed E-state index contributed by atoms with van der Waals surface area (Å²) in [7, 11) is 2.11. The molecule has 3 atom stereocenters. The van der Waals surface area contributed by atoms with Crippen LogP contribution in [0.1, 0.15) is 31.7 Å². The molecule has 23 heavy (non-hydrogen) atoms. The Morgan fingerprint density at radius 1 is 1.22 bits per heavy atom. The highest BCUT2D eigenvalue weighted by atomic mass is 35.5. The molecular weight excluding hydrogens is 333 g/mol. The highest BCUT2D eigenvalue weighted by Crippen LogP contribution is 2.31. The van der Waals surface area contributed by atoms with Crippen LogP contribution in [0.3, 0.4) is 0 Å². The van der Waals surface area contributed by atoms with Gasteiger partial charge in [0.1, 0.15) is 0 Å². The van der Waals surface area contributed by atoms with Crippen molar-refractivity contribution in [3.05, 3.63) is 29.8 Å². The fourth-order valence-corrected chi connectivity index (χ4v) is 3.72. The van der Waals surface area contributed by atoms with Crippen LogP contribution in [0.4, 0.5) is 5.69 Å². The number of carbonyl (C=O) groups excluding carboxylic acids is 1. The highest BCUT2D eigenvalue weighted by Gasteiger charge is 2.34. The fourth-order valence-electron chi connectivity index (χ4n) is 3.72. The van der Waals surface area contributed by atoms with Gasteiger partial charge in [-0.3, -0.25) is 4.79 Å². The molecule has 1 heterocycles. The lowest BCUT2D eigenvalue weighted by molar-refractivity contribution is -0.137. The first-order valence-corrected chi connectivity index (χ1v) is 7.91. The summed E-state index contributed by atoms with van der Waals surface area (Å²) >= 11 is 0. The Hall–Kier alpha value is -0.970. The molecule has 130 valence electrons. The Balaban J connectivity index is 0.00000132. The van der Waals surface area contributed by atoms with Gasteiger partial charge >= 0.3 is 0 Å². The van der Waals surface area contributed by atoms with Gasteiger partial charge in [-0.25, -0.2) is 0 Å². The highest BCUT2D eigenvalue weighted by molar-refractivity contribution is 5.85.